The third-order valence-electron chi connectivity index (χ3n) is 2.96. The molecule has 0 spiro atoms. The molecule has 1 heterocycles. The molecule has 7 heteroatoms. The molecule has 0 aromatic heterocycles. The van der Waals surface area contributed by atoms with Crippen LogP contribution in [-0.4, -0.2) is 52.6 Å². The van der Waals surface area contributed by atoms with E-state index < -0.39 is 10.2 Å². The third-order valence-corrected chi connectivity index (χ3v) is 4.55. The lowest BCUT2D eigenvalue weighted by molar-refractivity contribution is 0.195. The number of rotatable bonds is 7. The molecule has 1 fully saturated rings. The number of piperidine rings is 1. The SMILES string of the molecule is COCCCNS(=O)(=O)N1CCCC(CN)C1. The monoisotopic (exact) mass is 265 g/mol. The zero-order valence-electron chi connectivity index (χ0n) is 10.4. The fraction of sp³-hybridized carbons (Fsp3) is 1.00. The molecule has 102 valence electrons. The van der Waals surface area contributed by atoms with Crippen LogP contribution in [0.2, 0.25) is 0 Å². The van der Waals surface area contributed by atoms with Gasteiger partial charge in [0.15, 0.2) is 0 Å². The molecule has 0 amide bonds. The molecule has 0 aromatic rings. The topological polar surface area (TPSA) is 84.7 Å². The molecule has 0 bridgehead atoms. The van der Waals surface area contributed by atoms with Gasteiger partial charge in [-0.05, 0) is 31.7 Å². The van der Waals surface area contributed by atoms with E-state index in [-0.39, 0.29) is 0 Å². The van der Waals surface area contributed by atoms with Crippen LogP contribution in [0.25, 0.3) is 0 Å². The second-order valence-electron chi connectivity index (χ2n) is 4.35. The zero-order chi connectivity index (χ0) is 12.7. The number of nitrogens with one attached hydrogen (secondary N) is 1. The van der Waals surface area contributed by atoms with Crippen molar-refractivity contribution in [3.8, 4) is 0 Å². The summed E-state index contributed by atoms with van der Waals surface area (Å²) < 4.78 is 32.8. The fourth-order valence-corrected chi connectivity index (χ4v) is 3.31. The van der Waals surface area contributed by atoms with E-state index in [1.807, 2.05) is 0 Å². The van der Waals surface area contributed by atoms with Crippen LogP contribution in [0.15, 0.2) is 0 Å². The number of nitrogens with two attached hydrogens (primary N) is 1. The fourth-order valence-electron chi connectivity index (χ4n) is 1.95. The first-order valence-electron chi connectivity index (χ1n) is 6.04. The molecule has 6 nitrogen and oxygen atoms in total. The van der Waals surface area contributed by atoms with Gasteiger partial charge in [0, 0.05) is 33.4 Å². The van der Waals surface area contributed by atoms with Crippen molar-refractivity contribution in [2.75, 3.05) is 39.9 Å². The first-order chi connectivity index (χ1) is 8.10. The first kappa shape index (κ1) is 14.8. The summed E-state index contributed by atoms with van der Waals surface area (Å²) in [5.74, 6) is 0.291. The Morgan fingerprint density at radius 1 is 1.53 bits per heavy atom. The number of methoxy groups -OCH3 is 1. The van der Waals surface area contributed by atoms with Gasteiger partial charge in [0.25, 0.3) is 10.2 Å². The van der Waals surface area contributed by atoms with Crippen molar-refractivity contribution in [2.45, 2.75) is 19.3 Å². The molecule has 1 unspecified atom stereocenters. The van der Waals surface area contributed by atoms with E-state index in [1.165, 1.54) is 4.31 Å². The Bertz CT molecular complexity index is 308. The first-order valence-corrected chi connectivity index (χ1v) is 7.48. The molecule has 0 aliphatic carbocycles. The van der Waals surface area contributed by atoms with Crippen LogP contribution >= 0.6 is 0 Å². The summed E-state index contributed by atoms with van der Waals surface area (Å²) in [6.45, 7) is 2.66. The lowest BCUT2D eigenvalue weighted by Gasteiger charge is -2.31. The van der Waals surface area contributed by atoms with Gasteiger partial charge in [0.05, 0.1) is 0 Å². The number of nitrogens with zero attached hydrogens (tertiary/aromatic N) is 1. The van der Waals surface area contributed by atoms with Crippen LogP contribution < -0.4 is 10.5 Å². The lowest BCUT2D eigenvalue weighted by atomic mass is 10.0. The van der Waals surface area contributed by atoms with Crippen molar-refractivity contribution < 1.29 is 13.2 Å². The Kier molecular flexibility index (Phi) is 6.35. The van der Waals surface area contributed by atoms with Crippen molar-refractivity contribution in [1.82, 2.24) is 9.03 Å². The molecule has 0 radical (unpaired) electrons. The molecule has 1 rings (SSSR count). The maximum atomic E-state index is 11.9. The molecule has 0 saturated carbocycles. The zero-order valence-corrected chi connectivity index (χ0v) is 11.2. The van der Waals surface area contributed by atoms with Gasteiger partial charge in [-0.3, -0.25) is 0 Å². The highest BCUT2D eigenvalue weighted by Crippen LogP contribution is 2.17. The largest absolute Gasteiger partial charge is 0.385 e. The van der Waals surface area contributed by atoms with Gasteiger partial charge in [0.2, 0.25) is 0 Å². The minimum Gasteiger partial charge on any atom is -0.385 e. The minimum absolute atomic E-state index is 0.291. The summed E-state index contributed by atoms with van der Waals surface area (Å²) >= 11 is 0. The van der Waals surface area contributed by atoms with Crippen molar-refractivity contribution in [3.05, 3.63) is 0 Å². The maximum Gasteiger partial charge on any atom is 0.279 e. The van der Waals surface area contributed by atoms with Gasteiger partial charge in [-0.25, -0.2) is 4.72 Å². The predicted octanol–water partition coefficient (Wildman–Crippen LogP) is -0.472. The molecule has 0 aromatic carbocycles. The average Bonchev–Trinajstić information content (AvgIpc) is 2.35. The molecular formula is C10H23N3O3S. The Labute approximate surface area is 104 Å². The van der Waals surface area contributed by atoms with Crippen molar-refractivity contribution in [3.63, 3.8) is 0 Å². The van der Waals surface area contributed by atoms with Gasteiger partial charge in [-0.1, -0.05) is 0 Å². The van der Waals surface area contributed by atoms with Crippen LogP contribution in [0.5, 0.6) is 0 Å². The third kappa shape index (κ3) is 4.89. The molecule has 1 aliphatic heterocycles. The maximum absolute atomic E-state index is 11.9. The smallest absolute Gasteiger partial charge is 0.279 e. The molecule has 1 saturated heterocycles. The van der Waals surface area contributed by atoms with Crippen LogP contribution in [0, 0.1) is 5.92 Å². The molecular weight excluding hydrogens is 242 g/mol. The summed E-state index contributed by atoms with van der Waals surface area (Å²) in [6, 6.07) is 0. The second kappa shape index (κ2) is 7.27. The van der Waals surface area contributed by atoms with Crippen molar-refractivity contribution in [2.24, 2.45) is 11.7 Å². The molecule has 3 N–H and O–H groups in total. The quantitative estimate of drug-likeness (QED) is 0.609. The standard InChI is InChI=1S/C10H23N3O3S/c1-16-7-3-5-12-17(14,15)13-6-2-4-10(8-11)9-13/h10,12H,2-9,11H2,1H3. The van der Waals surface area contributed by atoms with E-state index in [2.05, 4.69) is 4.72 Å². The van der Waals surface area contributed by atoms with Crippen molar-refractivity contribution in [1.29, 1.82) is 0 Å². The average molecular weight is 265 g/mol. The minimum atomic E-state index is -3.33. The highest BCUT2D eigenvalue weighted by atomic mass is 32.2. The lowest BCUT2D eigenvalue weighted by Crippen LogP contribution is -2.47. The van der Waals surface area contributed by atoms with Crippen molar-refractivity contribution >= 4 is 10.2 Å². The summed E-state index contributed by atoms with van der Waals surface area (Å²) in [7, 11) is -1.73. The normalized spacial score (nSPS) is 22.8. The van der Waals surface area contributed by atoms with Crippen LogP contribution in [0.3, 0.4) is 0 Å². The van der Waals surface area contributed by atoms with E-state index in [9.17, 15) is 8.42 Å². The second-order valence-corrected chi connectivity index (χ2v) is 6.10. The Balaban J connectivity index is 2.40. The summed E-state index contributed by atoms with van der Waals surface area (Å²) in [5.41, 5.74) is 5.59. The van der Waals surface area contributed by atoms with Gasteiger partial charge in [0.1, 0.15) is 0 Å². The van der Waals surface area contributed by atoms with Gasteiger partial charge in [-0.2, -0.15) is 12.7 Å². The molecule has 1 aliphatic rings. The summed E-state index contributed by atoms with van der Waals surface area (Å²) in [4.78, 5) is 0. The number of ether oxygens (including phenoxy) is 1. The molecule has 17 heavy (non-hydrogen) atoms. The highest BCUT2D eigenvalue weighted by Gasteiger charge is 2.27. The van der Waals surface area contributed by atoms with E-state index in [0.717, 1.165) is 12.8 Å². The van der Waals surface area contributed by atoms with E-state index in [4.69, 9.17) is 10.5 Å². The van der Waals surface area contributed by atoms with Crippen LogP contribution in [-0.2, 0) is 14.9 Å². The Morgan fingerprint density at radius 3 is 2.94 bits per heavy atom. The predicted molar refractivity (Wildman–Crippen MR) is 66.8 cm³/mol. The van der Waals surface area contributed by atoms with E-state index >= 15 is 0 Å². The van der Waals surface area contributed by atoms with Crippen LogP contribution in [0.4, 0.5) is 0 Å². The van der Waals surface area contributed by atoms with Gasteiger partial charge < -0.3 is 10.5 Å². The summed E-state index contributed by atoms with van der Waals surface area (Å²) in [5, 5.41) is 0. The Hall–Kier alpha value is -0.210. The molecule has 1 atom stereocenters. The van der Waals surface area contributed by atoms with E-state index in [1.54, 1.807) is 7.11 Å². The number of hydrogen-bond acceptors (Lipinski definition) is 4. The van der Waals surface area contributed by atoms with Gasteiger partial charge >= 0.3 is 0 Å². The summed E-state index contributed by atoms with van der Waals surface area (Å²) in [6.07, 6.45) is 2.59. The number of hydrogen-bond donors (Lipinski definition) is 2. The van der Waals surface area contributed by atoms with E-state index in [0.29, 0.717) is 45.1 Å². The Morgan fingerprint density at radius 2 is 2.29 bits per heavy atom. The van der Waals surface area contributed by atoms with Crippen LogP contribution in [0.1, 0.15) is 19.3 Å². The highest BCUT2D eigenvalue weighted by molar-refractivity contribution is 7.87. The van der Waals surface area contributed by atoms with Gasteiger partial charge in [-0.15, -0.1) is 0 Å².